The highest BCUT2D eigenvalue weighted by atomic mass is 16.5. The summed E-state index contributed by atoms with van der Waals surface area (Å²) in [4.78, 5) is 12.3. The zero-order valence-corrected chi connectivity index (χ0v) is 12.9. The van der Waals surface area contributed by atoms with Gasteiger partial charge in [-0.2, -0.15) is 0 Å². The number of hydrogen-bond donors (Lipinski definition) is 2. The van der Waals surface area contributed by atoms with Gasteiger partial charge in [0.05, 0.1) is 0 Å². The van der Waals surface area contributed by atoms with Crippen LogP contribution in [-0.2, 0) is 0 Å². The third kappa shape index (κ3) is 4.33. The van der Waals surface area contributed by atoms with E-state index in [0.717, 1.165) is 18.6 Å². The molecule has 1 fully saturated rings. The molecule has 4 heteroatoms. The number of benzene rings is 2. The van der Waals surface area contributed by atoms with Gasteiger partial charge in [-0.1, -0.05) is 18.2 Å². The summed E-state index contributed by atoms with van der Waals surface area (Å²) >= 11 is 0. The van der Waals surface area contributed by atoms with Crippen molar-refractivity contribution in [3.8, 4) is 11.5 Å². The summed E-state index contributed by atoms with van der Waals surface area (Å²) in [6, 6.07) is 16.7. The molecule has 4 nitrogen and oxygen atoms in total. The van der Waals surface area contributed by atoms with Crippen molar-refractivity contribution in [3.63, 3.8) is 0 Å². The summed E-state index contributed by atoms with van der Waals surface area (Å²) in [5.74, 6) is 1.89. The summed E-state index contributed by atoms with van der Waals surface area (Å²) in [5, 5.41) is 12.1. The quantitative estimate of drug-likeness (QED) is 0.824. The maximum atomic E-state index is 12.3. The second-order valence-electron chi connectivity index (χ2n) is 5.87. The van der Waals surface area contributed by atoms with Crippen molar-refractivity contribution in [1.82, 2.24) is 5.32 Å². The van der Waals surface area contributed by atoms with Crippen LogP contribution in [0.25, 0.3) is 0 Å². The molecule has 0 saturated heterocycles. The number of carbonyl (C=O) groups excluding carboxylic acids is 1. The number of aliphatic hydroxyl groups excluding tert-OH is 1. The monoisotopic (exact) mass is 311 g/mol. The molecule has 0 heterocycles. The first kappa shape index (κ1) is 15.6. The van der Waals surface area contributed by atoms with E-state index in [2.05, 4.69) is 5.32 Å². The Morgan fingerprint density at radius 2 is 1.74 bits per heavy atom. The molecule has 0 radical (unpaired) electrons. The minimum atomic E-state index is -0.0957. The van der Waals surface area contributed by atoms with Gasteiger partial charge >= 0.3 is 0 Å². The van der Waals surface area contributed by atoms with Crippen LogP contribution in [0.15, 0.2) is 54.6 Å². The zero-order chi connectivity index (χ0) is 16.1. The molecule has 1 aliphatic carbocycles. The highest BCUT2D eigenvalue weighted by Gasteiger charge is 2.31. The van der Waals surface area contributed by atoms with Crippen molar-refractivity contribution in [2.24, 2.45) is 5.92 Å². The van der Waals surface area contributed by atoms with Gasteiger partial charge in [-0.3, -0.25) is 4.79 Å². The Bertz CT molecular complexity index is 635. The lowest BCUT2D eigenvalue weighted by Gasteiger charge is -2.17. The van der Waals surface area contributed by atoms with Crippen LogP contribution in [0, 0.1) is 5.92 Å². The molecule has 2 N–H and O–H groups in total. The molecule has 1 saturated carbocycles. The lowest BCUT2D eigenvalue weighted by atomic mass is 10.1. The molecule has 1 aliphatic rings. The Kier molecular flexibility index (Phi) is 4.93. The average molecular weight is 311 g/mol. The lowest BCUT2D eigenvalue weighted by Crippen LogP contribution is -2.37. The maximum Gasteiger partial charge on any atom is 0.251 e. The van der Waals surface area contributed by atoms with Crippen molar-refractivity contribution in [2.45, 2.75) is 25.3 Å². The van der Waals surface area contributed by atoms with Crippen LogP contribution < -0.4 is 10.1 Å². The molecular weight excluding hydrogens is 290 g/mol. The molecule has 1 unspecified atom stereocenters. The molecular formula is C19H21NO3. The van der Waals surface area contributed by atoms with Crippen LogP contribution in [0.5, 0.6) is 11.5 Å². The number of nitrogens with one attached hydrogen (secondary N) is 1. The minimum absolute atomic E-state index is 0.0766. The molecule has 0 aliphatic heterocycles. The van der Waals surface area contributed by atoms with E-state index in [0.29, 0.717) is 23.7 Å². The smallest absolute Gasteiger partial charge is 0.251 e. The summed E-state index contributed by atoms with van der Waals surface area (Å²) in [6.07, 6.45) is 2.88. The standard InChI is InChI=1S/C19H21NO3/c21-13-12-18(14-6-7-14)20-19(22)15-8-10-17(11-9-15)23-16-4-2-1-3-5-16/h1-5,8-11,14,18,21H,6-7,12-13H2,(H,20,22). The van der Waals surface area contributed by atoms with Gasteiger partial charge in [0.2, 0.25) is 0 Å². The van der Waals surface area contributed by atoms with Gasteiger partial charge < -0.3 is 15.2 Å². The summed E-state index contributed by atoms with van der Waals surface area (Å²) < 4.78 is 5.72. The van der Waals surface area contributed by atoms with E-state index in [4.69, 9.17) is 9.84 Å². The third-order valence-electron chi connectivity index (χ3n) is 4.04. The first-order chi connectivity index (χ1) is 11.3. The van der Waals surface area contributed by atoms with Crippen LogP contribution in [0.3, 0.4) is 0 Å². The van der Waals surface area contributed by atoms with Crippen LogP contribution in [0.2, 0.25) is 0 Å². The summed E-state index contributed by atoms with van der Waals surface area (Å²) in [5.41, 5.74) is 0.606. The van der Waals surface area contributed by atoms with Crippen LogP contribution >= 0.6 is 0 Å². The van der Waals surface area contributed by atoms with Crippen LogP contribution in [0.4, 0.5) is 0 Å². The number of carbonyl (C=O) groups is 1. The number of amides is 1. The van der Waals surface area contributed by atoms with E-state index >= 15 is 0 Å². The van der Waals surface area contributed by atoms with Gasteiger partial charge in [-0.15, -0.1) is 0 Å². The molecule has 3 rings (SSSR count). The van der Waals surface area contributed by atoms with Gasteiger partial charge in [0.25, 0.3) is 5.91 Å². The van der Waals surface area contributed by atoms with Crippen LogP contribution in [-0.4, -0.2) is 23.7 Å². The fourth-order valence-electron chi connectivity index (χ4n) is 2.61. The summed E-state index contributed by atoms with van der Waals surface area (Å²) in [6.45, 7) is 0.102. The number of para-hydroxylation sites is 1. The first-order valence-corrected chi connectivity index (χ1v) is 8.01. The first-order valence-electron chi connectivity index (χ1n) is 8.01. The second kappa shape index (κ2) is 7.29. The number of ether oxygens (including phenoxy) is 1. The SMILES string of the molecule is O=C(NC(CCO)C1CC1)c1ccc(Oc2ccccc2)cc1. The van der Waals surface area contributed by atoms with Crippen molar-refractivity contribution < 1.29 is 14.6 Å². The predicted molar refractivity (Wildman–Crippen MR) is 88.6 cm³/mol. The minimum Gasteiger partial charge on any atom is -0.457 e. The van der Waals surface area contributed by atoms with E-state index in [-0.39, 0.29) is 18.6 Å². The Balaban J connectivity index is 1.61. The van der Waals surface area contributed by atoms with Crippen molar-refractivity contribution >= 4 is 5.91 Å². The van der Waals surface area contributed by atoms with E-state index in [1.54, 1.807) is 24.3 Å². The highest BCUT2D eigenvalue weighted by molar-refractivity contribution is 5.94. The molecule has 23 heavy (non-hydrogen) atoms. The fraction of sp³-hybridized carbons (Fsp3) is 0.316. The average Bonchev–Trinajstić information content (AvgIpc) is 3.41. The predicted octanol–water partition coefficient (Wildman–Crippen LogP) is 3.37. The van der Waals surface area contributed by atoms with Crippen molar-refractivity contribution in [1.29, 1.82) is 0 Å². The van der Waals surface area contributed by atoms with Gasteiger partial charge in [-0.25, -0.2) is 0 Å². The Morgan fingerprint density at radius 3 is 2.35 bits per heavy atom. The molecule has 120 valence electrons. The van der Waals surface area contributed by atoms with E-state index < -0.39 is 0 Å². The maximum absolute atomic E-state index is 12.3. The van der Waals surface area contributed by atoms with E-state index in [1.165, 1.54) is 0 Å². The topological polar surface area (TPSA) is 58.6 Å². The zero-order valence-electron chi connectivity index (χ0n) is 12.9. The van der Waals surface area contributed by atoms with Crippen molar-refractivity contribution in [2.75, 3.05) is 6.61 Å². The van der Waals surface area contributed by atoms with E-state index in [1.807, 2.05) is 30.3 Å². The van der Waals surface area contributed by atoms with E-state index in [9.17, 15) is 4.79 Å². The molecule has 0 spiro atoms. The molecule has 0 bridgehead atoms. The number of rotatable bonds is 7. The Morgan fingerprint density at radius 1 is 1.09 bits per heavy atom. The van der Waals surface area contributed by atoms with Crippen molar-refractivity contribution in [3.05, 3.63) is 60.2 Å². The number of hydrogen-bond acceptors (Lipinski definition) is 3. The fourth-order valence-corrected chi connectivity index (χ4v) is 2.61. The molecule has 0 aromatic heterocycles. The number of aliphatic hydroxyl groups is 1. The van der Waals surface area contributed by atoms with Gasteiger partial charge in [0, 0.05) is 18.2 Å². The van der Waals surface area contributed by atoms with Gasteiger partial charge in [-0.05, 0) is 61.6 Å². The van der Waals surface area contributed by atoms with Crippen LogP contribution in [0.1, 0.15) is 29.6 Å². The summed E-state index contributed by atoms with van der Waals surface area (Å²) in [7, 11) is 0. The molecule has 2 aromatic rings. The molecule has 1 amide bonds. The van der Waals surface area contributed by atoms with Gasteiger partial charge in [0.15, 0.2) is 0 Å². The lowest BCUT2D eigenvalue weighted by molar-refractivity contribution is 0.0924. The third-order valence-corrected chi connectivity index (χ3v) is 4.04. The second-order valence-corrected chi connectivity index (χ2v) is 5.87. The Hall–Kier alpha value is -2.33. The molecule has 1 atom stereocenters. The Labute approximate surface area is 136 Å². The highest BCUT2D eigenvalue weighted by Crippen LogP contribution is 2.34. The normalized spacial score (nSPS) is 15.0. The molecule has 2 aromatic carbocycles. The van der Waals surface area contributed by atoms with Gasteiger partial charge in [0.1, 0.15) is 11.5 Å². The largest absolute Gasteiger partial charge is 0.457 e.